The molecule has 0 aliphatic rings. The standard InChI is InChI=1S/C12H14N2O2/c1-14-8-9(6-7-13-12(15)16)10-4-2-3-5-11(10)14/h2-5,8,13H,6-7H2,1H3,(H,15,16). The first kappa shape index (κ1) is 10.5. The highest BCUT2D eigenvalue weighted by Gasteiger charge is 2.05. The molecule has 0 radical (unpaired) electrons. The molecule has 0 atom stereocenters. The fourth-order valence-corrected chi connectivity index (χ4v) is 1.93. The van der Waals surface area contributed by atoms with Crippen LogP contribution in [0, 0.1) is 0 Å². The highest BCUT2D eigenvalue weighted by atomic mass is 16.4. The lowest BCUT2D eigenvalue weighted by atomic mass is 10.1. The number of aromatic nitrogens is 1. The molecule has 0 saturated carbocycles. The number of carbonyl (C=O) groups is 1. The number of benzene rings is 1. The Balaban J connectivity index is 2.21. The molecule has 1 aromatic carbocycles. The Morgan fingerprint density at radius 2 is 2.19 bits per heavy atom. The van der Waals surface area contributed by atoms with Gasteiger partial charge in [0.1, 0.15) is 0 Å². The number of nitrogens with zero attached hydrogens (tertiary/aromatic N) is 1. The van der Waals surface area contributed by atoms with E-state index < -0.39 is 6.09 Å². The van der Waals surface area contributed by atoms with Gasteiger partial charge in [-0.3, -0.25) is 0 Å². The van der Waals surface area contributed by atoms with Crippen LogP contribution in [0.3, 0.4) is 0 Å². The highest BCUT2D eigenvalue weighted by Crippen LogP contribution is 2.20. The van der Waals surface area contributed by atoms with Crippen LogP contribution in [-0.2, 0) is 13.5 Å². The summed E-state index contributed by atoms with van der Waals surface area (Å²) in [5.74, 6) is 0. The number of amides is 1. The number of fused-ring (bicyclic) bond motifs is 1. The van der Waals surface area contributed by atoms with Crippen molar-refractivity contribution >= 4 is 17.0 Å². The molecule has 0 unspecified atom stereocenters. The van der Waals surface area contributed by atoms with Gasteiger partial charge >= 0.3 is 6.09 Å². The summed E-state index contributed by atoms with van der Waals surface area (Å²) in [5.41, 5.74) is 2.35. The molecule has 2 rings (SSSR count). The topological polar surface area (TPSA) is 54.3 Å². The second-order valence-electron chi connectivity index (χ2n) is 3.76. The molecule has 2 N–H and O–H groups in total. The van der Waals surface area contributed by atoms with E-state index in [-0.39, 0.29) is 0 Å². The Morgan fingerprint density at radius 1 is 1.44 bits per heavy atom. The van der Waals surface area contributed by atoms with E-state index in [4.69, 9.17) is 5.11 Å². The Bertz CT molecular complexity index is 517. The lowest BCUT2D eigenvalue weighted by Gasteiger charge is -1.99. The second-order valence-corrected chi connectivity index (χ2v) is 3.76. The molecule has 4 heteroatoms. The first-order valence-electron chi connectivity index (χ1n) is 5.18. The SMILES string of the molecule is Cn1cc(CCNC(=O)O)c2ccccc21. The van der Waals surface area contributed by atoms with Crippen molar-refractivity contribution in [1.82, 2.24) is 9.88 Å². The van der Waals surface area contributed by atoms with Gasteiger partial charge in [-0.1, -0.05) is 18.2 Å². The molecule has 1 heterocycles. The quantitative estimate of drug-likeness (QED) is 0.827. The minimum Gasteiger partial charge on any atom is -0.465 e. The molecule has 84 valence electrons. The number of rotatable bonds is 3. The smallest absolute Gasteiger partial charge is 0.404 e. The van der Waals surface area contributed by atoms with Crippen LogP contribution in [-0.4, -0.2) is 22.3 Å². The Hall–Kier alpha value is -1.97. The number of hydrogen-bond acceptors (Lipinski definition) is 1. The molecule has 0 aliphatic carbocycles. The van der Waals surface area contributed by atoms with Gasteiger partial charge in [0, 0.05) is 30.7 Å². The minimum absolute atomic E-state index is 0.448. The van der Waals surface area contributed by atoms with E-state index in [1.54, 1.807) is 0 Å². The zero-order chi connectivity index (χ0) is 11.5. The average Bonchev–Trinajstić information content (AvgIpc) is 2.57. The highest BCUT2D eigenvalue weighted by molar-refractivity contribution is 5.83. The maximum Gasteiger partial charge on any atom is 0.404 e. The lowest BCUT2D eigenvalue weighted by molar-refractivity contribution is 0.194. The summed E-state index contributed by atoms with van der Waals surface area (Å²) >= 11 is 0. The predicted octanol–water partition coefficient (Wildman–Crippen LogP) is 1.99. The fraction of sp³-hybridized carbons (Fsp3) is 0.250. The molecule has 1 aromatic heterocycles. The van der Waals surface area contributed by atoms with Gasteiger partial charge in [0.05, 0.1) is 0 Å². The predicted molar refractivity (Wildman–Crippen MR) is 62.7 cm³/mol. The number of nitrogens with one attached hydrogen (secondary N) is 1. The molecule has 1 amide bonds. The first-order valence-corrected chi connectivity index (χ1v) is 5.18. The molecular weight excluding hydrogens is 204 g/mol. The third kappa shape index (κ3) is 2.00. The van der Waals surface area contributed by atoms with Gasteiger partial charge in [0.2, 0.25) is 0 Å². The molecule has 0 bridgehead atoms. The van der Waals surface area contributed by atoms with E-state index in [2.05, 4.69) is 22.0 Å². The molecule has 16 heavy (non-hydrogen) atoms. The zero-order valence-corrected chi connectivity index (χ0v) is 9.10. The van der Waals surface area contributed by atoms with Crippen LogP contribution < -0.4 is 5.32 Å². The van der Waals surface area contributed by atoms with Crippen molar-refractivity contribution in [3.63, 3.8) is 0 Å². The van der Waals surface area contributed by atoms with Gasteiger partial charge in [0.25, 0.3) is 0 Å². The number of aryl methyl sites for hydroxylation is 1. The Morgan fingerprint density at radius 3 is 2.94 bits per heavy atom. The van der Waals surface area contributed by atoms with E-state index in [1.807, 2.05) is 25.4 Å². The molecule has 4 nitrogen and oxygen atoms in total. The van der Waals surface area contributed by atoms with E-state index in [0.717, 1.165) is 0 Å². The largest absolute Gasteiger partial charge is 0.465 e. The maximum absolute atomic E-state index is 10.3. The van der Waals surface area contributed by atoms with Crippen LogP contribution in [0.5, 0.6) is 0 Å². The fourth-order valence-electron chi connectivity index (χ4n) is 1.93. The molecular formula is C12H14N2O2. The van der Waals surface area contributed by atoms with E-state index in [1.165, 1.54) is 16.5 Å². The van der Waals surface area contributed by atoms with Crippen molar-refractivity contribution < 1.29 is 9.90 Å². The summed E-state index contributed by atoms with van der Waals surface area (Å²) in [5, 5.41) is 12.1. The number of para-hydroxylation sites is 1. The van der Waals surface area contributed by atoms with E-state index in [9.17, 15) is 4.79 Å². The number of hydrogen-bond donors (Lipinski definition) is 2. The molecule has 0 saturated heterocycles. The van der Waals surface area contributed by atoms with Crippen LogP contribution in [0.15, 0.2) is 30.5 Å². The van der Waals surface area contributed by atoms with Gasteiger partial charge in [-0.2, -0.15) is 0 Å². The van der Waals surface area contributed by atoms with Crippen LogP contribution in [0.1, 0.15) is 5.56 Å². The van der Waals surface area contributed by atoms with Crippen molar-refractivity contribution in [1.29, 1.82) is 0 Å². The summed E-state index contributed by atoms with van der Waals surface area (Å²) in [4.78, 5) is 10.3. The van der Waals surface area contributed by atoms with Crippen molar-refractivity contribution in [2.45, 2.75) is 6.42 Å². The van der Waals surface area contributed by atoms with Crippen molar-refractivity contribution in [3.05, 3.63) is 36.0 Å². The summed E-state index contributed by atoms with van der Waals surface area (Å²) in [6.45, 7) is 0.448. The Kier molecular flexibility index (Phi) is 2.81. The third-order valence-electron chi connectivity index (χ3n) is 2.65. The molecule has 0 aliphatic heterocycles. The van der Waals surface area contributed by atoms with Gasteiger partial charge in [0.15, 0.2) is 0 Å². The summed E-state index contributed by atoms with van der Waals surface area (Å²) in [7, 11) is 2.00. The monoisotopic (exact) mass is 218 g/mol. The summed E-state index contributed by atoms with van der Waals surface area (Å²) in [6, 6.07) is 8.12. The molecule has 0 spiro atoms. The van der Waals surface area contributed by atoms with E-state index >= 15 is 0 Å². The third-order valence-corrected chi connectivity index (χ3v) is 2.65. The van der Waals surface area contributed by atoms with Gasteiger partial charge in [-0.15, -0.1) is 0 Å². The summed E-state index contributed by atoms with van der Waals surface area (Å²) in [6.07, 6.45) is 1.79. The Labute approximate surface area is 93.5 Å². The first-order chi connectivity index (χ1) is 7.68. The number of carboxylic acid groups (broad SMARTS) is 1. The van der Waals surface area contributed by atoms with E-state index in [0.29, 0.717) is 13.0 Å². The lowest BCUT2D eigenvalue weighted by Crippen LogP contribution is -2.23. The van der Waals surface area contributed by atoms with Crippen LogP contribution in [0.25, 0.3) is 10.9 Å². The van der Waals surface area contributed by atoms with Crippen LogP contribution >= 0.6 is 0 Å². The van der Waals surface area contributed by atoms with Crippen LogP contribution in [0.2, 0.25) is 0 Å². The molecule has 2 aromatic rings. The van der Waals surface area contributed by atoms with Crippen molar-refractivity contribution in [3.8, 4) is 0 Å². The van der Waals surface area contributed by atoms with Gasteiger partial charge < -0.3 is 15.0 Å². The average molecular weight is 218 g/mol. The summed E-state index contributed by atoms with van der Waals surface area (Å²) < 4.78 is 2.06. The maximum atomic E-state index is 10.3. The van der Waals surface area contributed by atoms with Gasteiger partial charge in [-0.25, -0.2) is 4.79 Å². The van der Waals surface area contributed by atoms with Crippen LogP contribution in [0.4, 0.5) is 4.79 Å². The van der Waals surface area contributed by atoms with Crippen molar-refractivity contribution in [2.75, 3.05) is 6.54 Å². The normalized spacial score (nSPS) is 10.6. The minimum atomic E-state index is -0.972. The second kappa shape index (κ2) is 4.26. The van der Waals surface area contributed by atoms with Gasteiger partial charge in [-0.05, 0) is 18.1 Å². The zero-order valence-electron chi connectivity index (χ0n) is 9.10. The van der Waals surface area contributed by atoms with Crippen molar-refractivity contribution in [2.24, 2.45) is 7.05 Å². The molecule has 0 fully saturated rings.